The lowest BCUT2D eigenvalue weighted by molar-refractivity contribution is -0.132. The molecule has 0 radical (unpaired) electrons. The van der Waals surface area contributed by atoms with Crippen molar-refractivity contribution in [3.05, 3.63) is 71.3 Å². The van der Waals surface area contributed by atoms with Crippen molar-refractivity contribution in [2.24, 2.45) is 0 Å². The monoisotopic (exact) mass is 315 g/mol. The van der Waals surface area contributed by atoms with E-state index in [-0.39, 0.29) is 30.0 Å². The van der Waals surface area contributed by atoms with Gasteiger partial charge in [-0.2, -0.15) is 0 Å². The Balaban J connectivity index is 1.68. The van der Waals surface area contributed by atoms with E-state index in [2.05, 4.69) is 0 Å². The van der Waals surface area contributed by atoms with E-state index < -0.39 is 0 Å². The number of carbonyl (C=O) groups is 1. The number of hydrogen-bond donors (Lipinski definition) is 0. The molecule has 0 bridgehead atoms. The Labute approximate surface area is 134 Å². The molecule has 1 saturated heterocycles. The Kier molecular flexibility index (Phi) is 4.70. The van der Waals surface area contributed by atoms with Crippen LogP contribution < -0.4 is 0 Å². The van der Waals surface area contributed by atoms with Gasteiger partial charge in [0, 0.05) is 13.0 Å². The van der Waals surface area contributed by atoms with E-state index in [1.54, 1.807) is 29.2 Å². The first kappa shape index (κ1) is 15.7. The molecule has 0 N–H and O–H groups in total. The standard InChI is InChI=1S/C19H19F2NO/c20-16-7-3-6-15(13-16)18-9-4-12-22(18)19(23)11-10-14-5-1-2-8-17(14)21/h1-3,5-8,13,18H,4,9-12H2. The van der Waals surface area contributed by atoms with E-state index in [1.807, 2.05) is 6.07 Å². The van der Waals surface area contributed by atoms with Crippen LogP contribution in [0.2, 0.25) is 0 Å². The third-order valence-electron chi connectivity index (χ3n) is 4.37. The minimum absolute atomic E-state index is 0.0000132. The van der Waals surface area contributed by atoms with Gasteiger partial charge in [-0.05, 0) is 48.6 Å². The SMILES string of the molecule is O=C(CCc1ccccc1F)N1CCCC1c1cccc(F)c1. The van der Waals surface area contributed by atoms with Crippen LogP contribution in [0.4, 0.5) is 8.78 Å². The molecule has 0 spiro atoms. The van der Waals surface area contributed by atoms with Gasteiger partial charge in [0.15, 0.2) is 0 Å². The summed E-state index contributed by atoms with van der Waals surface area (Å²) >= 11 is 0. The molecule has 2 aromatic rings. The Hall–Kier alpha value is -2.23. The molecule has 1 heterocycles. The highest BCUT2D eigenvalue weighted by Crippen LogP contribution is 2.32. The highest BCUT2D eigenvalue weighted by molar-refractivity contribution is 5.77. The molecule has 1 fully saturated rings. The van der Waals surface area contributed by atoms with Gasteiger partial charge in [-0.3, -0.25) is 4.79 Å². The Morgan fingerprint density at radius 2 is 1.96 bits per heavy atom. The molecular weight excluding hydrogens is 296 g/mol. The first-order chi connectivity index (χ1) is 11.1. The number of nitrogens with zero attached hydrogens (tertiary/aromatic N) is 1. The van der Waals surface area contributed by atoms with Gasteiger partial charge in [-0.1, -0.05) is 30.3 Å². The van der Waals surface area contributed by atoms with Crippen LogP contribution >= 0.6 is 0 Å². The van der Waals surface area contributed by atoms with Gasteiger partial charge in [0.1, 0.15) is 11.6 Å². The smallest absolute Gasteiger partial charge is 0.223 e. The molecule has 0 aliphatic carbocycles. The molecular formula is C19H19F2NO. The molecule has 1 aliphatic heterocycles. The number of rotatable bonds is 4. The fourth-order valence-electron chi connectivity index (χ4n) is 3.21. The second-order valence-electron chi connectivity index (χ2n) is 5.89. The first-order valence-corrected chi connectivity index (χ1v) is 7.93. The molecule has 3 rings (SSSR count). The van der Waals surface area contributed by atoms with Crippen LogP contribution in [0.25, 0.3) is 0 Å². The van der Waals surface area contributed by atoms with Crippen molar-refractivity contribution in [2.75, 3.05) is 6.54 Å². The maximum atomic E-state index is 13.6. The summed E-state index contributed by atoms with van der Waals surface area (Å²) < 4.78 is 27.1. The summed E-state index contributed by atoms with van der Waals surface area (Å²) in [5.41, 5.74) is 1.39. The Morgan fingerprint density at radius 3 is 2.74 bits per heavy atom. The summed E-state index contributed by atoms with van der Waals surface area (Å²) in [6, 6.07) is 12.9. The van der Waals surface area contributed by atoms with Gasteiger partial charge in [-0.25, -0.2) is 8.78 Å². The van der Waals surface area contributed by atoms with Gasteiger partial charge < -0.3 is 4.90 Å². The lowest BCUT2D eigenvalue weighted by Gasteiger charge is -2.25. The zero-order chi connectivity index (χ0) is 16.2. The predicted molar refractivity (Wildman–Crippen MR) is 84.8 cm³/mol. The summed E-state index contributed by atoms with van der Waals surface area (Å²) in [6.07, 6.45) is 2.41. The predicted octanol–water partition coefficient (Wildman–Crippen LogP) is 4.26. The summed E-state index contributed by atoms with van der Waals surface area (Å²) in [7, 11) is 0. The van der Waals surface area contributed by atoms with Crippen molar-refractivity contribution in [1.82, 2.24) is 4.90 Å². The molecule has 120 valence electrons. The van der Waals surface area contributed by atoms with Crippen LogP contribution in [-0.2, 0) is 11.2 Å². The van der Waals surface area contributed by atoms with Crippen molar-refractivity contribution in [3.8, 4) is 0 Å². The number of likely N-dealkylation sites (tertiary alicyclic amines) is 1. The van der Waals surface area contributed by atoms with Crippen LogP contribution in [0.5, 0.6) is 0 Å². The third-order valence-corrected chi connectivity index (χ3v) is 4.37. The van der Waals surface area contributed by atoms with Gasteiger partial charge in [0.25, 0.3) is 0 Å². The minimum atomic E-state index is -0.284. The van der Waals surface area contributed by atoms with Gasteiger partial charge >= 0.3 is 0 Å². The quantitative estimate of drug-likeness (QED) is 0.825. The van der Waals surface area contributed by atoms with Crippen molar-refractivity contribution >= 4 is 5.91 Å². The average molecular weight is 315 g/mol. The topological polar surface area (TPSA) is 20.3 Å². The molecule has 0 saturated carbocycles. The van der Waals surface area contributed by atoms with Crippen LogP contribution in [0.15, 0.2) is 48.5 Å². The Bertz CT molecular complexity index is 701. The number of carbonyl (C=O) groups excluding carboxylic acids is 1. The molecule has 0 aromatic heterocycles. The molecule has 4 heteroatoms. The number of benzene rings is 2. The fraction of sp³-hybridized carbons (Fsp3) is 0.316. The zero-order valence-electron chi connectivity index (χ0n) is 12.8. The van der Waals surface area contributed by atoms with Crippen molar-refractivity contribution in [3.63, 3.8) is 0 Å². The number of hydrogen-bond acceptors (Lipinski definition) is 1. The minimum Gasteiger partial charge on any atom is -0.336 e. The Morgan fingerprint density at radius 1 is 1.13 bits per heavy atom. The summed E-state index contributed by atoms with van der Waals surface area (Å²) in [6.45, 7) is 0.678. The van der Waals surface area contributed by atoms with E-state index in [0.29, 0.717) is 18.5 Å². The van der Waals surface area contributed by atoms with Gasteiger partial charge in [-0.15, -0.1) is 0 Å². The maximum absolute atomic E-state index is 13.6. The second kappa shape index (κ2) is 6.90. The van der Waals surface area contributed by atoms with E-state index in [4.69, 9.17) is 0 Å². The normalized spacial score (nSPS) is 17.5. The molecule has 23 heavy (non-hydrogen) atoms. The molecule has 1 amide bonds. The summed E-state index contributed by atoms with van der Waals surface area (Å²) in [5, 5.41) is 0. The highest BCUT2D eigenvalue weighted by atomic mass is 19.1. The number of amides is 1. The van der Waals surface area contributed by atoms with E-state index in [1.165, 1.54) is 18.2 Å². The van der Waals surface area contributed by atoms with Crippen LogP contribution in [0, 0.1) is 11.6 Å². The molecule has 1 unspecified atom stereocenters. The fourth-order valence-corrected chi connectivity index (χ4v) is 3.21. The summed E-state index contributed by atoms with van der Waals surface area (Å²) in [4.78, 5) is 14.3. The average Bonchev–Trinajstić information content (AvgIpc) is 3.03. The first-order valence-electron chi connectivity index (χ1n) is 7.93. The molecule has 2 nitrogen and oxygen atoms in total. The van der Waals surface area contributed by atoms with E-state index in [9.17, 15) is 13.6 Å². The van der Waals surface area contributed by atoms with Crippen molar-refractivity contribution in [2.45, 2.75) is 31.7 Å². The highest BCUT2D eigenvalue weighted by Gasteiger charge is 2.29. The summed E-state index contributed by atoms with van der Waals surface area (Å²) in [5.74, 6) is -0.559. The van der Waals surface area contributed by atoms with Crippen molar-refractivity contribution in [1.29, 1.82) is 0 Å². The zero-order valence-corrected chi connectivity index (χ0v) is 12.8. The molecule has 1 aliphatic rings. The lowest BCUT2D eigenvalue weighted by Crippen LogP contribution is -2.30. The maximum Gasteiger partial charge on any atom is 0.223 e. The van der Waals surface area contributed by atoms with E-state index >= 15 is 0 Å². The number of aryl methyl sites for hydroxylation is 1. The van der Waals surface area contributed by atoms with Gasteiger partial charge in [0.05, 0.1) is 6.04 Å². The van der Waals surface area contributed by atoms with Crippen LogP contribution in [-0.4, -0.2) is 17.4 Å². The van der Waals surface area contributed by atoms with E-state index in [0.717, 1.165) is 18.4 Å². The largest absolute Gasteiger partial charge is 0.336 e. The molecule has 2 aromatic carbocycles. The van der Waals surface area contributed by atoms with Crippen molar-refractivity contribution < 1.29 is 13.6 Å². The number of halogens is 2. The lowest BCUT2D eigenvalue weighted by atomic mass is 10.0. The van der Waals surface area contributed by atoms with Gasteiger partial charge in [0.2, 0.25) is 5.91 Å². The van der Waals surface area contributed by atoms with Crippen LogP contribution in [0.1, 0.15) is 36.4 Å². The van der Waals surface area contributed by atoms with Crippen LogP contribution in [0.3, 0.4) is 0 Å². The third kappa shape index (κ3) is 3.58. The molecule has 1 atom stereocenters. The second-order valence-corrected chi connectivity index (χ2v) is 5.89.